The number of rotatable bonds is 1. The van der Waals surface area contributed by atoms with Gasteiger partial charge in [-0.1, -0.05) is 22.6 Å². The third kappa shape index (κ3) is 2.40. The van der Waals surface area contributed by atoms with E-state index in [1.165, 1.54) is 0 Å². The molecule has 1 unspecified atom stereocenters. The molecule has 0 heterocycles. The molecule has 4 heavy (non-hydrogen) atoms. The molecule has 0 aromatic carbocycles. The molecule has 0 aliphatic carbocycles. The Bertz CT molecular complexity index is 36.6. The second-order valence-corrected chi connectivity index (χ2v) is 0.981. The number of hydrogen-bond donors (Lipinski definition) is 0. The van der Waals surface area contributed by atoms with Crippen molar-refractivity contribution in [2.45, 2.75) is 0 Å². The van der Waals surface area contributed by atoms with Crippen molar-refractivity contribution in [2.24, 2.45) is 0 Å². The molecule has 1 nitrogen and oxygen atoms in total. The van der Waals surface area contributed by atoms with Gasteiger partial charge in [0.15, 0.2) is 0 Å². The number of alkyl halides is 1. The van der Waals surface area contributed by atoms with E-state index in [1.54, 1.807) is 22.6 Å². The Morgan fingerprint density at radius 1 is 2.50 bits per heavy atom. The van der Waals surface area contributed by atoms with Crippen molar-refractivity contribution in [2.75, 3.05) is 4.40 Å². The number of aldehydes is 1. The first-order valence-corrected chi connectivity index (χ1v) is 2.03. The van der Waals surface area contributed by atoms with Gasteiger partial charge >= 0.3 is 0 Å². The molecule has 1 atom stereocenters. The molecule has 0 aromatic rings. The van der Waals surface area contributed by atoms with E-state index in [-0.39, 0.29) is 0 Å². The highest BCUT2D eigenvalue weighted by molar-refractivity contribution is 14.1. The van der Waals surface area contributed by atoms with Crippen LogP contribution in [0.3, 0.4) is 0 Å². The van der Waals surface area contributed by atoms with Crippen molar-refractivity contribution in [3.63, 3.8) is 0 Å². The van der Waals surface area contributed by atoms with Crippen molar-refractivity contribution in [3.05, 3.63) is 0 Å². The summed E-state index contributed by atoms with van der Waals surface area (Å²) in [5, 5.41) is 0. The van der Waals surface area contributed by atoms with E-state index in [9.17, 15) is 4.79 Å². The second kappa shape index (κ2) is 3.40. The molecule has 0 rings (SSSR count). The Hall–Kier alpha value is 0.400. The number of carbonyl (C=O) groups excluding carboxylic acids is 1. The monoisotopic (exact) mass is 172 g/mol. The van der Waals surface area contributed by atoms with Gasteiger partial charge in [-0.25, -0.2) is 0 Å². The third-order valence-corrected chi connectivity index (χ3v) is 0.345. The Kier molecular flexibility index (Phi) is 2.23. The minimum atomic E-state index is -0.576. The topological polar surface area (TPSA) is 17.1 Å². The van der Waals surface area contributed by atoms with Crippen LogP contribution >= 0.6 is 22.6 Å². The number of halogens is 1. The van der Waals surface area contributed by atoms with Crippen LogP contribution in [0.25, 0.3) is 0 Å². The van der Waals surface area contributed by atoms with Crippen LogP contribution in [0.5, 0.6) is 0 Å². The van der Waals surface area contributed by atoms with Gasteiger partial charge in [0, 0.05) is 1.37 Å². The summed E-state index contributed by atoms with van der Waals surface area (Å²) in [5.74, 6) is 0. The summed E-state index contributed by atoms with van der Waals surface area (Å²) in [4.78, 5) is 9.31. The first-order valence-electron chi connectivity index (χ1n) is 1.36. The molecule has 0 fully saturated rings. The highest BCUT2D eigenvalue weighted by atomic mass is 127. The highest BCUT2D eigenvalue weighted by Gasteiger charge is 1.55. The summed E-state index contributed by atoms with van der Waals surface area (Å²) in [5.41, 5.74) is 0. The van der Waals surface area contributed by atoms with Gasteiger partial charge in [0.05, 0.1) is 4.40 Å². The predicted molar refractivity (Wildman–Crippen MR) is 25.0 cm³/mol. The van der Waals surface area contributed by atoms with E-state index in [0.29, 0.717) is 6.29 Å². The van der Waals surface area contributed by atoms with Crippen molar-refractivity contribution < 1.29 is 6.17 Å². The molecule has 0 saturated carbocycles. The summed E-state index contributed by atoms with van der Waals surface area (Å²) in [6, 6.07) is 0. The maximum absolute atomic E-state index is 9.31. The van der Waals surface area contributed by atoms with Crippen LogP contribution in [-0.4, -0.2) is 10.7 Å². The number of carbonyl (C=O) groups is 1. The first-order chi connectivity index (χ1) is 2.27. The maximum atomic E-state index is 9.31. The van der Waals surface area contributed by atoms with E-state index in [4.69, 9.17) is 1.37 Å². The average Bonchev–Trinajstić information content (AvgIpc) is 1.38. The van der Waals surface area contributed by atoms with E-state index < -0.39 is 4.40 Å². The molecule has 0 aliphatic rings. The van der Waals surface area contributed by atoms with Gasteiger partial charge in [0.25, 0.3) is 0 Å². The normalized spacial score (nSPS) is 17.8. The fraction of sp³-hybridized carbons (Fsp3) is 0.500. The van der Waals surface area contributed by atoms with Gasteiger partial charge in [-0.2, -0.15) is 0 Å². The summed E-state index contributed by atoms with van der Waals surface area (Å²) in [6.45, 7) is 0. The lowest BCUT2D eigenvalue weighted by Crippen LogP contribution is -1.61. The largest absolute Gasteiger partial charge is 0.303 e. The molecule has 0 bridgehead atoms. The van der Waals surface area contributed by atoms with Gasteiger partial charge in [-0.3, -0.25) is 0 Å². The number of hydrogen-bond acceptors (Lipinski definition) is 1. The zero-order chi connectivity index (χ0) is 4.28. The molecule has 0 aliphatic heterocycles. The first kappa shape index (κ1) is 2.63. The van der Waals surface area contributed by atoms with Crippen molar-refractivity contribution in [1.82, 2.24) is 0 Å². The molecule has 0 N–H and O–H groups in total. The molecule has 0 aromatic heterocycles. The highest BCUT2D eigenvalue weighted by Crippen LogP contribution is 1.67. The second-order valence-electron chi connectivity index (χ2n) is 0.262. The SMILES string of the molecule is [3H]C(I)C=O. The van der Waals surface area contributed by atoms with Gasteiger partial charge in [0.2, 0.25) is 0 Å². The molecule has 0 amide bonds. The van der Waals surface area contributed by atoms with E-state index >= 15 is 0 Å². The van der Waals surface area contributed by atoms with Crippen molar-refractivity contribution >= 4 is 28.9 Å². The van der Waals surface area contributed by atoms with Gasteiger partial charge in [-0.05, 0) is 0 Å². The maximum Gasteiger partial charge on any atom is 0.129 e. The molecule has 24 valence electrons. The van der Waals surface area contributed by atoms with Crippen LogP contribution in [0.1, 0.15) is 1.37 Å². The lowest BCUT2D eigenvalue weighted by Gasteiger charge is -1.49. The lowest BCUT2D eigenvalue weighted by molar-refractivity contribution is -0.105. The Balaban J connectivity index is 2.83. The minimum absolute atomic E-state index is 0.570. The fourth-order valence-electron chi connectivity index (χ4n) is 0. The van der Waals surface area contributed by atoms with Crippen LogP contribution in [0, 0.1) is 0 Å². The molecular formula is C2H3IO. The van der Waals surface area contributed by atoms with E-state index in [1.807, 2.05) is 0 Å². The van der Waals surface area contributed by atoms with Crippen molar-refractivity contribution in [3.8, 4) is 0 Å². The fourth-order valence-corrected chi connectivity index (χ4v) is 0. The molecule has 0 radical (unpaired) electrons. The van der Waals surface area contributed by atoms with Crippen LogP contribution < -0.4 is 0 Å². The Labute approximate surface area is 39.9 Å². The van der Waals surface area contributed by atoms with Crippen LogP contribution in [0.4, 0.5) is 0 Å². The quantitative estimate of drug-likeness (QED) is 0.322. The molecule has 2 heteroatoms. The Morgan fingerprint density at radius 3 is 2.75 bits per heavy atom. The average molecular weight is 172 g/mol. The predicted octanol–water partition coefficient (Wildman–Crippen LogP) is 0.620. The smallest absolute Gasteiger partial charge is 0.129 e. The zero-order valence-corrected chi connectivity index (χ0v) is 4.10. The lowest BCUT2D eigenvalue weighted by atomic mass is 11.0. The molecule has 0 saturated heterocycles. The summed E-state index contributed by atoms with van der Waals surface area (Å²) >= 11 is 1.70. The van der Waals surface area contributed by atoms with Gasteiger partial charge in [0.1, 0.15) is 6.29 Å². The minimum Gasteiger partial charge on any atom is -0.303 e. The molecular weight excluding hydrogens is 167 g/mol. The standard InChI is InChI=1S/C2H3IO/c3-1-2-4/h2H,1H2/i1T. The molecule has 0 spiro atoms. The Morgan fingerprint density at radius 2 is 2.75 bits per heavy atom. The van der Waals surface area contributed by atoms with Gasteiger partial charge in [-0.15, -0.1) is 0 Å². The van der Waals surface area contributed by atoms with E-state index in [2.05, 4.69) is 0 Å². The van der Waals surface area contributed by atoms with Crippen LogP contribution in [-0.2, 0) is 4.79 Å². The van der Waals surface area contributed by atoms with Gasteiger partial charge < -0.3 is 4.79 Å². The van der Waals surface area contributed by atoms with Crippen molar-refractivity contribution in [1.29, 1.82) is 0 Å². The van der Waals surface area contributed by atoms with Crippen LogP contribution in [0.2, 0.25) is 0 Å². The zero-order valence-electron chi connectivity index (χ0n) is 2.94. The third-order valence-electron chi connectivity index (χ3n) is 0.0514. The summed E-state index contributed by atoms with van der Waals surface area (Å²) < 4.78 is 5.87. The summed E-state index contributed by atoms with van der Waals surface area (Å²) in [7, 11) is 0. The summed E-state index contributed by atoms with van der Waals surface area (Å²) in [6.07, 6.45) is 0.570. The van der Waals surface area contributed by atoms with Crippen LogP contribution in [0.15, 0.2) is 0 Å². The van der Waals surface area contributed by atoms with E-state index in [0.717, 1.165) is 0 Å².